The third kappa shape index (κ3) is 5.32. The van der Waals surface area contributed by atoms with Gasteiger partial charge in [-0.15, -0.1) is 0 Å². The first-order chi connectivity index (χ1) is 15.6. The number of ether oxygens (including phenoxy) is 1. The Morgan fingerprint density at radius 2 is 1.53 bits per heavy atom. The summed E-state index contributed by atoms with van der Waals surface area (Å²) in [6, 6.07) is 22.4. The summed E-state index contributed by atoms with van der Waals surface area (Å²) >= 11 is 12.2. The Bertz CT molecular complexity index is 1250. The Balaban J connectivity index is 1.41. The fourth-order valence-electron chi connectivity index (χ4n) is 3.66. The Morgan fingerprint density at radius 1 is 0.812 bits per heavy atom. The van der Waals surface area contributed by atoms with Gasteiger partial charge in [0.25, 0.3) is 5.56 Å². The van der Waals surface area contributed by atoms with E-state index in [-0.39, 0.29) is 5.56 Å². The Kier molecular flexibility index (Phi) is 7.46. The summed E-state index contributed by atoms with van der Waals surface area (Å²) in [5.74, 6) is 1.39. The average Bonchev–Trinajstić information content (AvgIpc) is 2.81. The molecule has 1 aromatic heterocycles. The summed E-state index contributed by atoms with van der Waals surface area (Å²) in [6.07, 6.45) is 3.81. The zero-order valence-electron chi connectivity index (χ0n) is 17.6. The molecule has 0 aliphatic carbocycles. The van der Waals surface area contributed by atoms with Gasteiger partial charge in [-0.2, -0.15) is 0 Å². The SMILES string of the molecule is O=c1c2ccccc2nc(-c2ccc(Cl)cc2)n1CCCCCCOc1ccccc1Cl. The van der Waals surface area contributed by atoms with Crippen LogP contribution in [0, 0.1) is 0 Å². The van der Waals surface area contributed by atoms with Gasteiger partial charge >= 0.3 is 0 Å². The second-order valence-electron chi connectivity index (χ2n) is 7.61. The summed E-state index contributed by atoms with van der Waals surface area (Å²) in [7, 11) is 0. The van der Waals surface area contributed by atoms with Crippen molar-refractivity contribution < 1.29 is 4.74 Å². The average molecular weight is 467 g/mol. The Labute approximate surface area is 197 Å². The lowest BCUT2D eigenvalue weighted by molar-refractivity contribution is 0.304. The molecule has 4 nitrogen and oxygen atoms in total. The largest absolute Gasteiger partial charge is 0.492 e. The summed E-state index contributed by atoms with van der Waals surface area (Å²) in [5.41, 5.74) is 1.57. The van der Waals surface area contributed by atoms with Gasteiger partial charge in [0.1, 0.15) is 11.6 Å². The van der Waals surface area contributed by atoms with E-state index < -0.39 is 0 Å². The number of rotatable bonds is 9. The predicted molar refractivity (Wildman–Crippen MR) is 132 cm³/mol. The van der Waals surface area contributed by atoms with Crippen molar-refractivity contribution in [3.05, 3.63) is 93.2 Å². The maximum atomic E-state index is 13.2. The monoisotopic (exact) mass is 466 g/mol. The molecule has 164 valence electrons. The van der Waals surface area contributed by atoms with E-state index in [1.165, 1.54) is 0 Å². The van der Waals surface area contributed by atoms with Crippen LogP contribution in [0.3, 0.4) is 0 Å². The van der Waals surface area contributed by atoms with Crippen LogP contribution in [-0.2, 0) is 6.54 Å². The van der Waals surface area contributed by atoms with E-state index in [1.54, 1.807) is 4.57 Å². The lowest BCUT2D eigenvalue weighted by atomic mass is 10.1. The standard InChI is InChI=1S/C26H24Cl2N2O2/c27-20-15-13-19(14-16-20)25-29-23-11-5-3-9-21(23)26(31)30(25)17-7-1-2-8-18-32-24-12-6-4-10-22(24)28/h3-6,9-16H,1-2,7-8,17-18H2. The number of aromatic nitrogens is 2. The molecule has 0 atom stereocenters. The lowest BCUT2D eigenvalue weighted by Crippen LogP contribution is -2.23. The molecule has 1 heterocycles. The molecule has 0 N–H and O–H groups in total. The second kappa shape index (κ2) is 10.7. The minimum atomic E-state index is -0.0115. The number of hydrogen-bond acceptors (Lipinski definition) is 3. The van der Waals surface area contributed by atoms with Gasteiger partial charge in [0.05, 0.1) is 22.5 Å². The lowest BCUT2D eigenvalue weighted by Gasteiger charge is -2.14. The molecule has 0 saturated heterocycles. The molecule has 4 rings (SSSR count). The van der Waals surface area contributed by atoms with E-state index >= 15 is 0 Å². The number of benzene rings is 3. The molecule has 6 heteroatoms. The van der Waals surface area contributed by atoms with Crippen molar-refractivity contribution in [1.82, 2.24) is 9.55 Å². The van der Waals surface area contributed by atoms with Crippen LogP contribution in [0.15, 0.2) is 77.6 Å². The molecule has 0 spiro atoms. The minimum absolute atomic E-state index is 0.0115. The van der Waals surface area contributed by atoms with E-state index in [0.717, 1.165) is 37.0 Å². The summed E-state index contributed by atoms with van der Waals surface area (Å²) in [5, 5.41) is 1.92. The number of unbranched alkanes of at least 4 members (excludes halogenated alkanes) is 3. The summed E-state index contributed by atoms with van der Waals surface area (Å²) < 4.78 is 7.53. The molecule has 0 bridgehead atoms. The third-order valence-electron chi connectivity index (χ3n) is 5.33. The van der Waals surface area contributed by atoms with Crippen molar-refractivity contribution in [1.29, 1.82) is 0 Å². The van der Waals surface area contributed by atoms with Crippen LogP contribution in [0.1, 0.15) is 25.7 Å². The molecule has 3 aromatic carbocycles. The maximum absolute atomic E-state index is 13.2. The molecular formula is C26H24Cl2N2O2. The van der Waals surface area contributed by atoms with E-state index in [9.17, 15) is 4.79 Å². The van der Waals surface area contributed by atoms with E-state index in [2.05, 4.69) is 0 Å². The van der Waals surface area contributed by atoms with Crippen molar-refractivity contribution >= 4 is 34.1 Å². The molecule has 0 radical (unpaired) electrons. The first kappa shape index (κ1) is 22.4. The zero-order valence-corrected chi connectivity index (χ0v) is 19.1. The number of fused-ring (bicyclic) bond motifs is 1. The number of hydrogen-bond donors (Lipinski definition) is 0. The molecule has 0 aliphatic heterocycles. The van der Waals surface area contributed by atoms with E-state index in [1.807, 2.05) is 72.8 Å². The highest BCUT2D eigenvalue weighted by atomic mass is 35.5. The Morgan fingerprint density at radius 3 is 2.34 bits per heavy atom. The highest BCUT2D eigenvalue weighted by Crippen LogP contribution is 2.24. The number of para-hydroxylation sites is 2. The first-order valence-corrected chi connectivity index (χ1v) is 11.5. The molecule has 0 amide bonds. The van der Waals surface area contributed by atoms with Crippen molar-refractivity contribution in [3.63, 3.8) is 0 Å². The maximum Gasteiger partial charge on any atom is 0.261 e. The van der Waals surface area contributed by atoms with Crippen LogP contribution in [0.4, 0.5) is 0 Å². The van der Waals surface area contributed by atoms with Crippen molar-refractivity contribution in [3.8, 4) is 17.1 Å². The minimum Gasteiger partial charge on any atom is -0.492 e. The van der Waals surface area contributed by atoms with E-state index in [4.69, 9.17) is 32.9 Å². The van der Waals surface area contributed by atoms with Crippen LogP contribution in [0.2, 0.25) is 10.0 Å². The molecule has 0 saturated carbocycles. The Hall–Kier alpha value is -2.82. The van der Waals surface area contributed by atoms with Crippen molar-refractivity contribution in [2.24, 2.45) is 0 Å². The van der Waals surface area contributed by atoms with Gasteiger partial charge in [0.15, 0.2) is 0 Å². The van der Waals surface area contributed by atoms with Gasteiger partial charge in [-0.3, -0.25) is 9.36 Å². The van der Waals surface area contributed by atoms with Gasteiger partial charge in [-0.25, -0.2) is 4.98 Å². The fraction of sp³-hybridized carbons (Fsp3) is 0.231. The third-order valence-corrected chi connectivity index (χ3v) is 5.90. The second-order valence-corrected chi connectivity index (χ2v) is 8.45. The van der Waals surface area contributed by atoms with Crippen molar-refractivity contribution in [2.45, 2.75) is 32.2 Å². The molecule has 0 fully saturated rings. The van der Waals surface area contributed by atoms with Gasteiger partial charge in [-0.1, -0.05) is 60.3 Å². The quantitative estimate of drug-likeness (QED) is 0.249. The van der Waals surface area contributed by atoms with Crippen LogP contribution in [0.25, 0.3) is 22.3 Å². The molecule has 0 aliphatic rings. The van der Waals surface area contributed by atoms with E-state index in [0.29, 0.717) is 39.9 Å². The molecule has 32 heavy (non-hydrogen) atoms. The molecular weight excluding hydrogens is 443 g/mol. The van der Waals surface area contributed by atoms with Gasteiger partial charge in [0, 0.05) is 17.1 Å². The van der Waals surface area contributed by atoms with Crippen LogP contribution in [0.5, 0.6) is 5.75 Å². The van der Waals surface area contributed by atoms with Gasteiger partial charge in [0.2, 0.25) is 0 Å². The summed E-state index contributed by atoms with van der Waals surface area (Å²) in [6.45, 7) is 1.23. The van der Waals surface area contributed by atoms with Crippen LogP contribution in [-0.4, -0.2) is 16.2 Å². The van der Waals surface area contributed by atoms with Gasteiger partial charge < -0.3 is 4.74 Å². The molecule has 4 aromatic rings. The zero-order chi connectivity index (χ0) is 22.3. The van der Waals surface area contributed by atoms with Crippen LogP contribution >= 0.6 is 23.2 Å². The van der Waals surface area contributed by atoms with Crippen LogP contribution < -0.4 is 10.3 Å². The highest BCUT2D eigenvalue weighted by Gasteiger charge is 2.12. The molecule has 0 unspecified atom stereocenters. The normalized spacial score (nSPS) is 11.1. The van der Waals surface area contributed by atoms with Gasteiger partial charge in [-0.05, 0) is 61.4 Å². The first-order valence-electron chi connectivity index (χ1n) is 10.8. The summed E-state index contributed by atoms with van der Waals surface area (Å²) in [4.78, 5) is 18.0. The van der Waals surface area contributed by atoms with Crippen molar-refractivity contribution in [2.75, 3.05) is 6.61 Å². The predicted octanol–water partition coefficient (Wildman–Crippen LogP) is 7.01. The topological polar surface area (TPSA) is 44.1 Å². The highest BCUT2D eigenvalue weighted by molar-refractivity contribution is 6.32. The number of halogens is 2. The number of nitrogens with zero attached hydrogens (tertiary/aromatic N) is 2. The fourth-order valence-corrected chi connectivity index (χ4v) is 3.98. The smallest absolute Gasteiger partial charge is 0.261 e.